The van der Waals surface area contributed by atoms with Gasteiger partial charge in [-0.3, -0.25) is 24.0 Å². The molecule has 0 fully saturated rings. The maximum Gasteiger partial charge on any atom is 0.326 e. The van der Waals surface area contributed by atoms with Gasteiger partial charge in [-0.15, -0.1) is 0 Å². The molecule has 3 amide bonds. The summed E-state index contributed by atoms with van der Waals surface area (Å²) in [6.07, 6.45) is -3.37. The van der Waals surface area contributed by atoms with Crippen LogP contribution in [0.15, 0.2) is 30.3 Å². The van der Waals surface area contributed by atoms with E-state index in [1.165, 1.54) is 0 Å². The van der Waals surface area contributed by atoms with Gasteiger partial charge in [-0.25, -0.2) is 4.79 Å². The molecule has 0 spiro atoms. The third-order valence-corrected chi connectivity index (χ3v) is 4.70. The summed E-state index contributed by atoms with van der Waals surface area (Å²) in [5, 5.41) is 43.0. The number of amides is 3. The Kier molecular flexibility index (Phi) is 11.3. The van der Waals surface area contributed by atoms with E-state index in [9.17, 15) is 33.9 Å². The van der Waals surface area contributed by atoms with Gasteiger partial charge in [0.15, 0.2) is 0 Å². The summed E-state index contributed by atoms with van der Waals surface area (Å²) in [4.78, 5) is 70.7. The zero-order chi connectivity index (χ0) is 26.7. The number of carbonyl (C=O) groups excluding carboxylic acids is 3. The molecule has 0 aliphatic carbocycles. The van der Waals surface area contributed by atoms with Crippen molar-refractivity contribution in [3.63, 3.8) is 0 Å². The maximum absolute atomic E-state index is 12.7. The summed E-state index contributed by atoms with van der Waals surface area (Å²) >= 11 is 0. The quantitative estimate of drug-likeness (QED) is 0.133. The Balaban J connectivity index is 2.93. The van der Waals surface area contributed by atoms with E-state index in [1.807, 2.05) is 10.6 Å². The van der Waals surface area contributed by atoms with Gasteiger partial charge < -0.3 is 42.1 Å². The van der Waals surface area contributed by atoms with E-state index in [0.717, 1.165) is 12.5 Å². The highest BCUT2D eigenvalue weighted by Crippen LogP contribution is 2.04. The van der Waals surface area contributed by atoms with Gasteiger partial charge in [0, 0.05) is 0 Å². The molecule has 0 saturated heterocycles. The van der Waals surface area contributed by atoms with E-state index < -0.39 is 78.7 Å². The van der Waals surface area contributed by atoms with Crippen LogP contribution in [0.1, 0.15) is 25.3 Å². The van der Waals surface area contributed by atoms with E-state index in [1.54, 1.807) is 30.3 Å². The number of nitrogens with two attached hydrogens (primary N) is 1. The fraction of sp³-hybridized carbons (Fsp3) is 0.429. The Bertz CT molecular complexity index is 937. The number of hydrogen-bond donors (Lipinski definition) is 8. The molecule has 5 atom stereocenters. The number of carboxylic acids is 3. The molecule has 0 aromatic heterocycles. The first-order chi connectivity index (χ1) is 16.3. The number of nitrogens with one attached hydrogen (secondary N) is 3. The highest BCUT2D eigenvalue weighted by Gasteiger charge is 2.33. The van der Waals surface area contributed by atoms with E-state index in [4.69, 9.17) is 21.1 Å². The number of carboxylic acid groups (broad SMARTS) is 3. The van der Waals surface area contributed by atoms with E-state index in [-0.39, 0.29) is 6.42 Å². The van der Waals surface area contributed by atoms with Crippen molar-refractivity contribution >= 4 is 35.6 Å². The first-order valence-electron chi connectivity index (χ1n) is 10.4. The second-order valence-electron chi connectivity index (χ2n) is 7.68. The summed E-state index contributed by atoms with van der Waals surface area (Å²) in [6, 6.07) is 2.25. The molecule has 0 heterocycles. The van der Waals surface area contributed by atoms with E-state index in [0.29, 0.717) is 0 Å². The van der Waals surface area contributed by atoms with Gasteiger partial charge in [-0.05, 0) is 18.9 Å². The van der Waals surface area contributed by atoms with Gasteiger partial charge in [-0.2, -0.15) is 0 Å². The van der Waals surface area contributed by atoms with Gasteiger partial charge in [0.25, 0.3) is 0 Å². The van der Waals surface area contributed by atoms with Crippen LogP contribution in [0.3, 0.4) is 0 Å². The molecule has 192 valence electrons. The Labute approximate surface area is 199 Å². The molecule has 0 radical (unpaired) electrons. The van der Waals surface area contributed by atoms with Gasteiger partial charge in [-0.1, -0.05) is 30.3 Å². The molecule has 35 heavy (non-hydrogen) atoms. The van der Waals surface area contributed by atoms with Crippen LogP contribution in [-0.4, -0.2) is 86.3 Å². The molecular formula is C21H28N4O10. The number of hydrogen-bond acceptors (Lipinski definition) is 8. The summed E-state index contributed by atoms with van der Waals surface area (Å²) in [5.41, 5.74) is 6.60. The highest BCUT2D eigenvalue weighted by molar-refractivity contribution is 5.96. The Morgan fingerprint density at radius 1 is 0.800 bits per heavy atom. The van der Waals surface area contributed by atoms with Crippen molar-refractivity contribution in [2.75, 3.05) is 0 Å². The van der Waals surface area contributed by atoms with Crippen molar-refractivity contribution in [3.8, 4) is 0 Å². The first-order valence-corrected chi connectivity index (χ1v) is 10.4. The third kappa shape index (κ3) is 10.2. The predicted molar refractivity (Wildman–Crippen MR) is 118 cm³/mol. The smallest absolute Gasteiger partial charge is 0.326 e. The van der Waals surface area contributed by atoms with Crippen molar-refractivity contribution in [2.24, 2.45) is 5.73 Å². The molecule has 0 saturated carbocycles. The largest absolute Gasteiger partial charge is 0.481 e. The number of aliphatic hydroxyl groups is 1. The summed E-state index contributed by atoms with van der Waals surface area (Å²) in [7, 11) is 0. The standard InChI is InChI=1S/C21H28N4O10/c1-10(26)17(25-18(31)12(22)7-11-5-3-2-4-6-11)20(33)23-13(8-15(27)28)19(32)24-14(21(34)35)9-16(29)30/h2-6,10,12-14,17,26H,7-9,22H2,1H3,(H,23,33)(H,24,32)(H,25,31)(H,27,28)(H,29,30)(H,34,35). The number of carbonyl (C=O) groups is 6. The van der Waals surface area contributed by atoms with Gasteiger partial charge in [0.05, 0.1) is 25.0 Å². The molecular weight excluding hydrogens is 468 g/mol. The van der Waals surface area contributed by atoms with Gasteiger partial charge in [0.2, 0.25) is 17.7 Å². The third-order valence-electron chi connectivity index (χ3n) is 4.70. The Morgan fingerprint density at radius 3 is 1.80 bits per heavy atom. The van der Waals surface area contributed by atoms with Crippen molar-refractivity contribution in [3.05, 3.63) is 35.9 Å². The van der Waals surface area contributed by atoms with Crippen molar-refractivity contribution in [2.45, 2.75) is 56.5 Å². The average Bonchev–Trinajstić information content (AvgIpc) is 2.75. The van der Waals surface area contributed by atoms with Crippen LogP contribution in [0.5, 0.6) is 0 Å². The number of rotatable bonds is 14. The SMILES string of the molecule is CC(O)C(NC(=O)C(N)Cc1ccccc1)C(=O)NC(CC(=O)O)C(=O)NC(CC(=O)O)C(=O)O. The molecule has 1 aromatic rings. The minimum absolute atomic E-state index is 0.116. The lowest BCUT2D eigenvalue weighted by Gasteiger charge is -2.25. The normalized spacial score (nSPS) is 14.9. The lowest BCUT2D eigenvalue weighted by molar-refractivity contribution is -0.148. The van der Waals surface area contributed by atoms with Gasteiger partial charge >= 0.3 is 17.9 Å². The summed E-state index contributed by atoms with van der Waals surface area (Å²) in [6.45, 7) is 1.16. The molecule has 1 rings (SSSR count). The zero-order valence-electron chi connectivity index (χ0n) is 18.7. The second-order valence-corrected chi connectivity index (χ2v) is 7.68. The van der Waals surface area contributed by atoms with Crippen LogP contribution < -0.4 is 21.7 Å². The zero-order valence-corrected chi connectivity index (χ0v) is 18.7. The molecule has 0 aliphatic rings. The van der Waals surface area contributed by atoms with Crippen molar-refractivity contribution in [1.82, 2.24) is 16.0 Å². The topological polar surface area (TPSA) is 245 Å². The fourth-order valence-electron chi connectivity index (χ4n) is 2.92. The van der Waals surface area contributed by atoms with E-state index in [2.05, 4.69) is 5.32 Å². The molecule has 14 nitrogen and oxygen atoms in total. The molecule has 0 aliphatic heterocycles. The molecule has 9 N–H and O–H groups in total. The minimum atomic E-state index is -1.89. The summed E-state index contributed by atoms with van der Waals surface area (Å²) in [5.74, 6) is -8.01. The highest BCUT2D eigenvalue weighted by atomic mass is 16.4. The molecule has 0 bridgehead atoms. The minimum Gasteiger partial charge on any atom is -0.481 e. The van der Waals surface area contributed by atoms with Crippen LogP contribution >= 0.6 is 0 Å². The Morgan fingerprint density at radius 2 is 1.31 bits per heavy atom. The maximum atomic E-state index is 12.7. The summed E-state index contributed by atoms with van der Waals surface area (Å²) < 4.78 is 0. The molecule has 1 aromatic carbocycles. The van der Waals surface area contributed by atoms with Crippen LogP contribution in [-0.2, 0) is 35.2 Å². The predicted octanol–water partition coefficient (Wildman–Crippen LogP) is -2.57. The molecule has 14 heteroatoms. The molecule has 5 unspecified atom stereocenters. The van der Waals surface area contributed by atoms with Crippen LogP contribution in [0.2, 0.25) is 0 Å². The number of benzene rings is 1. The van der Waals surface area contributed by atoms with Gasteiger partial charge in [0.1, 0.15) is 18.1 Å². The second kappa shape index (κ2) is 13.6. The van der Waals surface area contributed by atoms with Crippen molar-refractivity contribution < 1.29 is 49.2 Å². The van der Waals surface area contributed by atoms with E-state index >= 15 is 0 Å². The lowest BCUT2D eigenvalue weighted by Crippen LogP contribution is -2.60. The number of aliphatic hydroxyl groups excluding tert-OH is 1. The monoisotopic (exact) mass is 496 g/mol. The van der Waals surface area contributed by atoms with Crippen molar-refractivity contribution in [1.29, 1.82) is 0 Å². The van der Waals surface area contributed by atoms with Crippen LogP contribution in [0.25, 0.3) is 0 Å². The van der Waals surface area contributed by atoms with Crippen LogP contribution in [0.4, 0.5) is 0 Å². The first kappa shape index (κ1) is 29.0. The average molecular weight is 496 g/mol. The fourth-order valence-corrected chi connectivity index (χ4v) is 2.92. The lowest BCUT2D eigenvalue weighted by atomic mass is 10.0. The van der Waals surface area contributed by atoms with Crippen LogP contribution in [0, 0.1) is 0 Å². The number of aliphatic carboxylic acids is 3. The Hall–Kier alpha value is -4.04.